The van der Waals surface area contributed by atoms with Gasteiger partial charge >= 0.3 is 0 Å². The number of rotatable bonds is 17. The quantitative estimate of drug-likeness (QED) is 0.0921. The van der Waals surface area contributed by atoms with Crippen molar-refractivity contribution < 1.29 is 74.4 Å². The van der Waals surface area contributed by atoms with E-state index in [9.17, 15) is 46.0 Å². The Balaban J connectivity index is 1.65. The molecule has 1 saturated heterocycles. The molecule has 1 aliphatic heterocycles. The molecule has 0 unspecified atom stereocenters. The van der Waals surface area contributed by atoms with Crippen LogP contribution < -0.4 is 18.9 Å². The molecule has 50 heavy (non-hydrogen) atoms. The lowest BCUT2D eigenvalue weighted by molar-refractivity contribution is -0.318. The summed E-state index contributed by atoms with van der Waals surface area (Å²) in [4.78, 5) is 0. The molecule has 9 atom stereocenters. The lowest BCUT2D eigenvalue weighted by Gasteiger charge is -2.41. The molecule has 0 aliphatic carbocycles. The number of ether oxygens (including phenoxy) is 6. The Kier molecular flexibility index (Phi) is 13.9. The predicted octanol–water partition coefficient (Wildman–Crippen LogP) is 0.348. The fourth-order valence-electron chi connectivity index (χ4n) is 5.96. The van der Waals surface area contributed by atoms with Crippen LogP contribution in [0.1, 0.15) is 28.7 Å². The molecule has 276 valence electrons. The number of aromatic hydroxyl groups is 2. The zero-order chi connectivity index (χ0) is 36.5. The van der Waals surface area contributed by atoms with E-state index in [1.54, 1.807) is 30.3 Å². The summed E-state index contributed by atoms with van der Waals surface area (Å²) < 4.78 is 33.9. The molecule has 3 aromatic rings. The maximum atomic E-state index is 10.7. The molecule has 1 aliphatic rings. The molecular formula is C35H46O15. The number of aliphatic hydroxyl groups is 7. The number of methoxy groups -OCH3 is 3. The van der Waals surface area contributed by atoms with Crippen molar-refractivity contribution in [2.75, 3.05) is 47.8 Å². The second kappa shape index (κ2) is 17.8. The van der Waals surface area contributed by atoms with Crippen LogP contribution in [0.4, 0.5) is 0 Å². The molecule has 0 saturated carbocycles. The van der Waals surface area contributed by atoms with Gasteiger partial charge in [-0.2, -0.15) is 0 Å². The van der Waals surface area contributed by atoms with Crippen molar-refractivity contribution in [2.24, 2.45) is 5.92 Å². The van der Waals surface area contributed by atoms with Crippen molar-refractivity contribution in [1.29, 1.82) is 0 Å². The van der Waals surface area contributed by atoms with Gasteiger partial charge in [0.05, 0.1) is 41.2 Å². The monoisotopic (exact) mass is 706 g/mol. The highest BCUT2D eigenvalue weighted by atomic mass is 16.7. The third-order valence-electron chi connectivity index (χ3n) is 8.82. The average Bonchev–Trinajstić information content (AvgIpc) is 3.13. The first kappa shape index (κ1) is 38.9. The second-order valence-corrected chi connectivity index (χ2v) is 11.9. The standard InChI is InChI=1S/C35H46O15/c1-45-26-11-18(4-7-23(26)40)10-21(14-36)22(15-37)19-6-9-25(28(12-19)47-3)48-30(17-39)34(20-5-8-24(41)27(13-20)46-2)50-35-33(44)32(43)31(42)29(16-38)49-35/h4-9,11-13,21-22,29-44H,10,14-17H2,1-3H3/t21-,22+,29-,30-,31-,32+,33-,34+,35+/m1/s1. The minimum Gasteiger partial charge on any atom is -0.504 e. The van der Waals surface area contributed by atoms with Gasteiger partial charge in [0.2, 0.25) is 0 Å². The lowest BCUT2D eigenvalue weighted by atomic mass is 9.83. The Morgan fingerprint density at radius 1 is 0.660 bits per heavy atom. The summed E-state index contributed by atoms with van der Waals surface area (Å²) in [5, 5.41) is 92.5. The molecule has 9 N–H and O–H groups in total. The van der Waals surface area contributed by atoms with Gasteiger partial charge in [-0.15, -0.1) is 0 Å². The van der Waals surface area contributed by atoms with E-state index in [0.29, 0.717) is 17.5 Å². The molecule has 4 rings (SSSR count). The normalized spacial score (nSPS) is 23.0. The Morgan fingerprint density at radius 3 is 1.88 bits per heavy atom. The largest absolute Gasteiger partial charge is 0.504 e. The smallest absolute Gasteiger partial charge is 0.187 e. The SMILES string of the molecule is COc1cc(C[C@H](CO)[C@@H](CO)c2ccc(O[C@H](CO)[C@@H](O[C@@H]3O[C@H](CO)[C@@H](O)[C@H](O)[C@H]3O)c3ccc(O)c(OC)c3)c(OC)c2)ccc1O. The maximum absolute atomic E-state index is 10.7. The third-order valence-corrected chi connectivity index (χ3v) is 8.82. The van der Waals surface area contributed by atoms with Crippen molar-refractivity contribution in [2.45, 2.75) is 55.3 Å². The molecule has 0 spiro atoms. The third kappa shape index (κ3) is 8.69. The molecule has 0 aromatic heterocycles. The number of aliphatic hydroxyl groups excluding tert-OH is 7. The first-order chi connectivity index (χ1) is 24.0. The molecular weight excluding hydrogens is 660 g/mol. The summed E-state index contributed by atoms with van der Waals surface area (Å²) in [7, 11) is 4.16. The molecule has 0 radical (unpaired) electrons. The number of benzene rings is 3. The number of phenolic OH excluding ortho intramolecular Hbond substituents is 2. The van der Waals surface area contributed by atoms with Crippen molar-refractivity contribution >= 4 is 0 Å². The predicted molar refractivity (Wildman–Crippen MR) is 176 cm³/mol. The van der Waals surface area contributed by atoms with Crippen molar-refractivity contribution in [3.63, 3.8) is 0 Å². The summed E-state index contributed by atoms with van der Waals surface area (Å²) in [5.74, 6) is -0.530. The van der Waals surface area contributed by atoms with Gasteiger partial charge in [0.15, 0.2) is 46.9 Å². The van der Waals surface area contributed by atoms with E-state index in [-0.39, 0.29) is 47.7 Å². The van der Waals surface area contributed by atoms with Crippen molar-refractivity contribution in [1.82, 2.24) is 0 Å². The van der Waals surface area contributed by atoms with Crippen LogP contribution in [0.15, 0.2) is 54.6 Å². The van der Waals surface area contributed by atoms with E-state index < -0.39 is 68.0 Å². The zero-order valence-corrected chi connectivity index (χ0v) is 27.9. The van der Waals surface area contributed by atoms with Crippen LogP contribution in [0.25, 0.3) is 0 Å². The van der Waals surface area contributed by atoms with E-state index in [1.165, 1.54) is 45.6 Å². The molecule has 3 aromatic carbocycles. The van der Waals surface area contributed by atoms with Gasteiger partial charge in [0, 0.05) is 12.5 Å². The van der Waals surface area contributed by atoms with E-state index in [2.05, 4.69) is 0 Å². The Hall–Kier alpha value is -3.90. The van der Waals surface area contributed by atoms with Crippen molar-refractivity contribution in [3.8, 4) is 34.5 Å². The minimum atomic E-state index is -1.76. The topological polar surface area (TPSA) is 237 Å². The fourth-order valence-corrected chi connectivity index (χ4v) is 5.96. The summed E-state index contributed by atoms with van der Waals surface area (Å²) in [6.07, 6.45) is -10.2. The van der Waals surface area contributed by atoms with Gasteiger partial charge in [-0.25, -0.2) is 0 Å². The van der Waals surface area contributed by atoms with Crippen LogP contribution >= 0.6 is 0 Å². The first-order valence-electron chi connectivity index (χ1n) is 15.9. The molecule has 15 nitrogen and oxygen atoms in total. The number of phenols is 2. The van der Waals surface area contributed by atoms with Crippen LogP contribution in [-0.4, -0.2) is 131 Å². The average molecular weight is 707 g/mol. The van der Waals surface area contributed by atoms with Crippen LogP contribution in [0, 0.1) is 5.92 Å². The minimum absolute atomic E-state index is 0.0256. The zero-order valence-electron chi connectivity index (χ0n) is 27.9. The molecule has 0 amide bonds. The van der Waals surface area contributed by atoms with Crippen LogP contribution in [0.5, 0.6) is 34.5 Å². The summed E-state index contributed by atoms with van der Waals surface area (Å²) in [6.45, 7) is -1.95. The van der Waals surface area contributed by atoms with Crippen LogP contribution in [-0.2, 0) is 15.9 Å². The Morgan fingerprint density at radius 2 is 1.28 bits per heavy atom. The number of hydrogen-bond acceptors (Lipinski definition) is 15. The first-order valence-corrected chi connectivity index (χ1v) is 15.9. The highest BCUT2D eigenvalue weighted by molar-refractivity contribution is 5.46. The van der Waals surface area contributed by atoms with Crippen LogP contribution in [0.3, 0.4) is 0 Å². The van der Waals surface area contributed by atoms with Crippen LogP contribution in [0.2, 0.25) is 0 Å². The fraction of sp³-hybridized carbons (Fsp3) is 0.486. The van der Waals surface area contributed by atoms with Gasteiger partial charge in [-0.3, -0.25) is 0 Å². The molecule has 0 bridgehead atoms. The van der Waals surface area contributed by atoms with E-state index >= 15 is 0 Å². The van der Waals surface area contributed by atoms with Gasteiger partial charge in [0.25, 0.3) is 0 Å². The van der Waals surface area contributed by atoms with E-state index in [4.69, 9.17) is 28.4 Å². The molecule has 15 heteroatoms. The van der Waals surface area contributed by atoms with Gasteiger partial charge in [0.1, 0.15) is 30.5 Å². The van der Waals surface area contributed by atoms with Gasteiger partial charge in [-0.1, -0.05) is 18.2 Å². The lowest BCUT2D eigenvalue weighted by Crippen LogP contribution is -2.59. The maximum Gasteiger partial charge on any atom is 0.187 e. The Bertz CT molecular complexity index is 1520. The molecule has 1 heterocycles. The second-order valence-electron chi connectivity index (χ2n) is 11.9. The summed E-state index contributed by atoms with van der Waals surface area (Å²) in [6, 6.07) is 13.9. The Labute approximate surface area is 289 Å². The highest BCUT2D eigenvalue weighted by Gasteiger charge is 2.46. The van der Waals surface area contributed by atoms with Crippen molar-refractivity contribution in [3.05, 3.63) is 71.3 Å². The van der Waals surface area contributed by atoms with Gasteiger partial charge < -0.3 is 74.4 Å². The molecule has 1 fully saturated rings. The number of hydrogen-bond donors (Lipinski definition) is 9. The summed E-state index contributed by atoms with van der Waals surface area (Å²) >= 11 is 0. The van der Waals surface area contributed by atoms with E-state index in [0.717, 1.165) is 5.56 Å². The summed E-state index contributed by atoms with van der Waals surface area (Å²) in [5.41, 5.74) is 1.67. The van der Waals surface area contributed by atoms with Gasteiger partial charge in [-0.05, 0) is 65.4 Å². The van der Waals surface area contributed by atoms with E-state index in [1.807, 2.05) is 0 Å². The highest BCUT2D eigenvalue weighted by Crippen LogP contribution is 2.39.